The van der Waals surface area contributed by atoms with Crippen molar-refractivity contribution in [2.45, 2.75) is 46.1 Å². The van der Waals surface area contributed by atoms with Crippen LogP contribution in [0.3, 0.4) is 0 Å². The third-order valence-corrected chi connectivity index (χ3v) is 5.88. The quantitative estimate of drug-likeness (QED) is 0.250. The lowest BCUT2D eigenvalue weighted by Gasteiger charge is -2.16. The van der Waals surface area contributed by atoms with Crippen molar-refractivity contribution < 1.29 is 19.0 Å². The summed E-state index contributed by atoms with van der Waals surface area (Å²) in [7, 11) is 1.46. The maximum Gasteiger partial charge on any atom is 0.344 e. The van der Waals surface area contributed by atoms with Gasteiger partial charge in [0.15, 0.2) is 18.1 Å². The second-order valence-electron chi connectivity index (χ2n) is 8.16. The Hall–Kier alpha value is -2.91. The summed E-state index contributed by atoms with van der Waals surface area (Å²) < 4.78 is 18.3. The Morgan fingerprint density at radius 2 is 2.00 bits per heavy atom. The first-order chi connectivity index (χ1) is 16.6. The van der Waals surface area contributed by atoms with Crippen molar-refractivity contribution in [2.24, 2.45) is 5.10 Å². The van der Waals surface area contributed by atoms with Gasteiger partial charge in [-0.3, -0.25) is 4.79 Å². The van der Waals surface area contributed by atoms with Crippen LogP contribution >= 0.6 is 27.5 Å². The average Bonchev–Trinajstić information content (AvgIpc) is 2.81. The lowest BCUT2D eigenvalue weighted by Crippen LogP contribution is -2.24. The van der Waals surface area contributed by atoms with Crippen molar-refractivity contribution in [1.82, 2.24) is 9.66 Å². The summed E-state index contributed by atoms with van der Waals surface area (Å²) in [5.41, 5.74) is 0.708. The van der Waals surface area contributed by atoms with Gasteiger partial charge in [-0.15, -0.1) is 0 Å². The maximum atomic E-state index is 13.4. The van der Waals surface area contributed by atoms with Gasteiger partial charge in [0, 0.05) is 27.0 Å². The van der Waals surface area contributed by atoms with Crippen molar-refractivity contribution in [3.05, 3.63) is 61.6 Å². The molecule has 186 valence electrons. The largest absolute Gasteiger partial charge is 0.493 e. The number of aromatic nitrogens is 2. The number of rotatable bonds is 9. The molecule has 3 rings (SSSR count). The van der Waals surface area contributed by atoms with Crippen LogP contribution in [0, 0.1) is 0 Å². The molecule has 0 radical (unpaired) electrons. The van der Waals surface area contributed by atoms with E-state index in [1.54, 1.807) is 38.1 Å². The molecule has 0 spiro atoms. The van der Waals surface area contributed by atoms with Gasteiger partial charge in [-0.2, -0.15) is 9.78 Å². The fraction of sp³-hybridized carbons (Fsp3) is 0.360. The van der Waals surface area contributed by atoms with Gasteiger partial charge in [-0.05, 0) is 44.5 Å². The molecule has 35 heavy (non-hydrogen) atoms. The molecule has 8 nitrogen and oxygen atoms in total. The molecule has 0 aliphatic rings. The molecule has 0 bridgehead atoms. The molecule has 0 unspecified atom stereocenters. The van der Waals surface area contributed by atoms with E-state index in [1.807, 2.05) is 19.9 Å². The van der Waals surface area contributed by atoms with Gasteiger partial charge in [-0.1, -0.05) is 41.4 Å². The fourth-order valence-corrected chi connectivity index (χ4v) is 3.90. The highest BCUT2D eigenvalue weighted by Crippen LogP contribution is 2.34. The van der Waals surface area contributed by atoms with Gasteiger partial charge < -0.3 is 14.2 Å². The fourth-order valence-electron chi connectivity index (χ4n) is 3.32. The molecule has 3 aromatic rings. The van der Waals surface area contributed by atoms with Gasteiger partial charge in [0.25, 0.3) is 5.56 Å². The van der Waals surface area contributed by atoms with Gasteiger partial charge in [0.1, 0.15) is 5.82 Å². The zero-order valence-electron chi connectivity index (χ0n) is 20.2. The summed E-state index contributed by atoms with van der Waals surface area (Å²) in [5, 5.41) is 5.27. The molecule has 0 amide bonds. The lowest BCUT2D eigenvalue weighted by molar-refractivity contribution is -0.149. The van der Waals surface area contributed by atoms with E-state index in [0.29, 0.717) is 33.1 Å². The molecule has 1 atom stereocenters. The number of hydrogen-bond acceptors (Lipinski definition) is 7. The third kappa shape index (κ3) is 6.41. The SMILES string of the molecule is CC[C@H](C)c1nc2ccc(Br)cc2c(=O)n1N=Cc1cc(Cl)cc(OC)c1OCC(=O)OC(C)C. The van der Waals surface area contributed by atoms with Crippen LogP contribution in [0.5, 0.6) is 11.5 Å². The molecule has 1 heterocycles. The number of hydrogen-bond donors (Lipinski definition) is 0. The van der Waals surface area contributed by atoms with Gasteiger partial charge >= 0.3 is 5.97 Å². The third-order valence-electron chi connectivity index (χ3n) is 5.17. The zero-order chi connectivity index (χ0) is 25.7. The highest BCUT2D eigenvalue weighted by atomic mass is 79.9. The van der Waals surface area contributed by atoms with Crippen LogP contribution in [0.2, 0.25) is 5.02 Å². The summed E-state index contributed by atoms with van der Waals surface area (Å²) in [6, 6.07) is 8.53. The van der Waals surface area contributed by atoms with Gasteiger partial charge in [0.05, 0.1) is 30.3 Å². The Bertz CT molecular complexity index is 1320. The van der Waals surface area contributed by atoms with Crippen molar-refractivity contribution in [2.75, 3.05) is 13.7 Å². The van der Waals surface area contributed by atoms with E-state index in [9.17, 15) is 9.59 Å². The molecular formula is C25H27BrClN3O5. The van der Waals surface area contributed by atoms with E-state index >= 15 is 0 Å². The summed E-state index contributed by atoms with van der Waals surface area (Å²) >= 11 is 9.68. The van der Waals surface area contributed by atoms with Crippen LogP contribution in [0.4, 0.5) is 0 Å². The normalized spacial score (nSPS) is 12.3. The summed E-state index contributed by atoms with van der Waals surface area (Å²) in [4.78, 5) is 30.1. The van der Waals surface area contributed by atoms with Gasteiger partial charge in [-0.25, -0.2) is 9.78 Å². The number of nitrogens with zero attached hydrogens (tertiary/aromatic N) is 3. The number of carbonyl (C=O) groups is 1. The van der Waals surface area contributed by atoms with Crippen LogP contribution < -0.4 is 15.0 Å². The molecule has 0 fully saturated rings. The van der Waals surface area contributed by atoms with Crippen LogP contribution in [0.25, 0.3) is 10.9 Å². The Morgan fingerprint density at radius 1 is 1.26 bits per heavy atom. The minimum Gasteiger partial charge on any atom is -0.493 e. The number of carbonyl (C=O) groups excluding carboxylic acids is 1. The molecule has 10 heteroatoms. The molecule has 0 saturated carbocycles. The van der Waals surface area contributed by atoms with E-state index < -0.39 is 5.97 Å². The van der Waals surface area contributed by atoms with E-state index in [4.69, 9.17) is 30.8 Å². The van der Waals surface area contributed by atoms with Crippen molar-refractivity contribution in [3.8, 4) is 11.5 Å². The highest BCUT2D eigenvalue weighted by molar-refractivity contribution is 9.10. The summed E-state index contributed by atoms with van der Waals surface area (Å²) in [5.74, 6) is 0.533. The number of benzene rings is 2. The molecule has 2 aromatic carbocycles. The first-order valence-corrected chi connectivity index (χ1v) is 12.3. The Morgan fingerprint density at radius 3 is 2.66 bits per heavy atom. The first-order valence-electron chi connectivity index (χ1n) is 11.1. The molecule has 0 aliphatic heterocycles. The van der Waals surface area contributed by atoms with Gasteiger partial charge in [0.2, 0.25) is 0 Å². The minimum absolute atomic E-state index is 0.0247. The predicted octanol–water partition coefficient (Wildman–Crippen LogP) is 5.55. The van der Waals surface area contributed by atoms with E-state index in [2.05, 4.69) is 21.0 Å². The lowest BCUT2D eigenvalue weighted by atomic mass is 10.1. The standard InChI is InChI=1S/C25H27BrClN3O5/c1-6-15(4)24-29-20-8-7-17(26)10-19(20)25(32)30(24)28-12-16-9-18(27)11-21(33-5)23(16)34-13-22(31)35-14(2)3/h7-12,14-15H,6,13H2,1-5H3/t15-/m0/s1. The zero-order valence-corrected chi connectivity index (χ0v) is 22.5. The van der Waals surface area contributed by atoms with Crippen LogP contribution in [0.15, 0.2) is 44.7 Å². The predicted molar refractivity (Wildman–Crippen MR) is 140 cm³/mol. The molecular weight excluding hydrogens is 538 g/mol. The first kappa shape index (κ1) is 26.7. The van der Waals surface area contributed by atoms with Crippen molar-refractivity contribution >= 4 is 50.6 Å². The molecule has 1 aromatic heterocycles. The van der Waals surface area contributed by atoms with E-state index in [0.717, 1.165) is 10.9 Å². The minimum atomic E-state index is -0.528. The molecule has 0 saturated heterocycles. The second-order valence-corrected chi connectivity index (χ2v) is 9.51. The topological polar surface area (TPSA) is 92.0 Å². The number of esters is 1. The van der Waals surface area contributed by atoms with Crippen molar-refractivity contribution in [1.29, 1.82) is 0 Å². The smallest absolute Gasteiger partial charge is 0.344 e. The highest BCUT2D eigenvalue weighted by Gasteiger charge is 2.18. The number of methoxy groups -OCH3 is 1. The summed E-state index contributed by atoms with van der Waals surface area (Å²) in [6.45, 7) is 7.17. The van der Waals surface area contributed by atoms with E-state index in [-0.39, 0.29) is 29.9 Å². The van der Waals surface area contributed by atoms with Crippen LogP contribution in [-0.4, -0.2) is 41.7 Å². The van der Waals surface area contributed by atoms with E-state index in [1.165, 1.54) is 18.0 Å². The summed E-state index contributed by atoms with van der Waals surface area (Å²) in [6.07, 6.45) is 1.93. The molecule has 0 aliphatic carbocycles. The average molecular weight is 565 g/mol. The maximum absolute atomic E-state index is 13.4. The number of ether oxygens (including phenoxy) is 3. The Labute approximate surface area is 217 Å². The van der Waals surface area contributed by atoms with Crippen LogP contribution in [0.1, 0.15) is 51.4 Å². The number of halogens is 2. The Balaban J connectivity index is 2.11. The monoisotopic (exact) mass is 563 g/mol. The number of fused-ring (bicyclic) bond motifs is 1. The van der Waals surface area contributed by atoms with Crippen LogP contribution in [-0.2, 0) is 9.53 Å². The van der Waals surface area contributed by atoms with Crippen molar-refractivity contribution in [3.63, 3.8) is 0 Å². The molecule has 0 N–H and O–H groups in total. The second kappa shape index (κ2) is 11.7. The Kier molecular flexibility index (Phi) is 8.91.